The summed E-state index contributed by atoms with van der Waals surface area (Å²) in [4.78, 5) is 25.3. The normalized spacial score (nSPS) is 10.4. The molecule has 0 heterocycles. The lowest BCUT2D eigenvalue weighted by Gasteiger charge is -2.18. The molecule has 148 valence electrons. The summed E-state index contributed by atoms with van der Waals surface area (Å²) in [6, 6.07) is 25.8. The van der Waals surface area contributed by atoms with E-state index >= 15 is 0 Å². The van der Waals surface area contributed by atoms with Crippen LogP contribution < -0.4 is 15.6 Å². The van der Waals surface area contributed by atoms with Crippen LogP contribution in [0.4, 0.5) is 0 Å². The van der Waals surface area contributed by atoms with Crippen molar-refractivity contribution in [3.63, 3.8) is 0 Å². The molecule has 0 aromatic heterocycles. The van der Waals surface area contributed by atoms with Crippen molar-refractivity contribution in [1.29, 1.82) is 0 Å². The van der Waals surface area contributed by atoms with Crippen LogP contribution >= 0.6 is 0 Å². The standard InChI is InChI=1S/C24H24N2O3/c1-2-17-29-21-15-13-20(14-16-21)23(27)25-26-24(28)22(18-9-5-3-6-10-18)19-11-7-4-8-12-19/h3-16,22H,2,17H2,1H3,(H,25,27)(H,26,28). The zero-order chi connectivity index (χ0) is 20.5. The Morgan fingerprint density at radius 1 is 0.793 bits per heavy atom. The van der Waals surface area contributed by atoms with Crippen LogP contribution in [0.1, 0.15) is 40.7 Å². The van der Waals surface area contributed by atoms with Gasteiger partial charge in [0.05, 0.1) is 12.5 Å². The molecule has 3 aromatic rings. The van der Waals surface area contributed by atoms with Crippen LogP contribution in [0.5, 0.6) is 5.75 Å². The van der Waals surface area contributed by atoms with Crippen molar-refractivity contribution in [3.05, 3.63) is 102 Å². The van der Waals surface area contributed by atoms with Crippen molar-refractivity contribution in [2.75, 3.05) is 6.61 Å². The van der Waals surface area contributed by atoms with Gasteiger partial charge in [-0.25, -0.2) is 0 Å². The predicted molar refractivity (Wildman–Crippen MR) is 113 cm³/mol. The molecule has 0 aliphatic carbocycles. The Bertz CT molecular complexity index is 886. The van der Waals surface area contributed by atoms with E-state index in [0.29, 0.717) is 17.9 Å². The zero-order valence-corrected chi connectivity index (χ0v) is 16.3. The molecule has 3 aromatic carbocycles. The summed E-state index contributed by atoms with van der Waals surface area (Å²) in [7, 11) is 0. The van der Waals surface area contributed by atoms with E-state index in [4.69, 9.17) is 4.74 Å². The molecule has 0 fully saturated rings. The Morgan fingerprint density at radius 2 is 1.34 bits per heavy atom. The van der Waals surface area contributed by atoms with Crippen LogP contribution in [-0.2, 0) is 4.79 Å². The lowest BCUT2D eigenvalue weighted by Crippen LogP contribution is -2.44. The summed E-state index contributed by atoms with van der Waals surface area (Å²) in [5, 5.41) is 0. The topological polar surface area (TPSA) is 67.4 Å². The third-order valence-electron chi connectivity index (χ3n) is 4.42. The summed E-state index contributed by atoms with van der Waals surface area (Å²) in [5.41, 5.74) is 7.19. The molecule has 0 aliphatic heterocycles. The molecular formula is C24H24N2O3. The Balaban J connectivity index is 1.68. The Morgan fingerprint density at radius 3 is 1.86 bits per heavy atom. The van der Waals surface area contributed by atoms with E-state index in [1.54, 1.807) is 24.3 Å². The van der Waals surface area contributed by atoms with Gasteiger partial charge < -0.3 is 4.74 Å². The molecule has 0 saturated carbocycles. The van der Waals surface area contributed by atoms with Gasteiger partial charge in [0.2, 0.25) is 5.91 Å². The number of benzene rings is 3. The van der Waals surface area contributed by atoms with E-state index in [-0.39, 0.29) is 11.8 Å². The molecule has 5 nitrogen and oxygen atoms in total. The van der Waals surface area contributed by atoms with Gasteiger partial charge in [-0.05, 0) is 41.8 Å². The summed E-state index contributed by atoms with van der Waals surface area (Å²) < 4.78 is 5.52. The van der Waals surface area contributed by atoms with E-state index in [9.17, 15) is 9.59 Å². The zero-order valence-electron chi connectivity index (χ0n) is 16.3. The van der Waals surface area contributed by atoms with Crippen molar-refractivity contribution in [1.82, 2.24) is 10.9 Å². The maximum Gasteiger partial charge on any atom is 0.269 e. The van der Waals surface area contributed by atoms with Crippen LogP contribution in [-0.4, -0.2) is 18.4 Å². The largest absolute Gasteiger partial charge is 0.494 e. The third kappa shape index (κ3) is 5.45. The number of nitrogens with one attached hydrogen (secondary N) is 2. The first-order valence-corrected chi connectivity index (χ1v) is 9.62. The van der Waals surface area contributed by atoms with Crippen LogP contribution in [0.25, 0.3) is 0 Å². The number of ether oxygens (including phenoxy) is 1. The van der Waals surface area contributed by atoms with Crippen molar-refractivity contribution in [3.8, 4) is 5.75 Å². The number of hydrogen-bond donors (Lipinski definition) is 2. The highest BCUT2D eigenvalue weighted by Gasteiger charge is 2.23. The fourth-order valence-electron chi connectivity index (χ4n) is 2.97. The average molecular weight is 388 g/mol. The summed E-state index contributed by atoms with van der Waals surface area (Å²) in [6.07, 6.45) is 0.915. The smallest absolute Gasteiger partial charge is 0.269 e. The fourth-order valence-corrected chi connectivity index (χ4v) is 2.97. The first-order chi connectivity index (χ1) is 14.2. The van der Waals surface area contributed by atoms with Crippen LogP contribution in [0.2, 0.25) is 0 Å². The highest BCUT2D eigenvalue weighted by atomic mass is 16.5. The second-order valence-corrected chi connectivity index (χ2v) is 6.57. The first-order valence-electron chi connectivity index (χ1n) is 9.62. The second kappa shape index (κ2) is 10.1. The van der Waals surface area contributed by atoms with Crippen molar-refractivity contribution in [2.45, 2.75) is 19.3 Å². The minimum atomic E-state index is -0.525. The van der Waals surface area contributed by atoms with Gasteiger partial charge in [-0.15, -0.1) is 0 Å². The van der Waals surface area contributed by atoms with Crippen LogP contribution in [0.15, 0.2) is 84.9 Å². The van der Waals surface area contributed by atoms with E-state index in [0.717, 1.165) is 17.5 Å². The molecule has 2 amide bonds. The molecule has 0 saturated heterocycles. The van der Waals surface area contributed by atoms with Crippen molar-refractivity contribution >= 4 is 11.8 Å². The van der Waals surface area contributed by atoms with Crippen LogP contribution in [0.3, 0.4) is 0 Å². The van der Waals surface area contributed by atoms with E-state index in [2.05, 4.69) is 10.9 Å². The minimum Gasteiger partial charge on any atom is -0.494 e. The molecule has 29 heavy (non-hydrogen) atoms. The Kier molecular flexibility index (Phi) is 7.00. The molecule has 0 radical (unpaired) electrons. The second-order valence-electron chi connectivity index (χ2n) is 6.57. The first kappa shape index (κ1) is 20.1. The van der Waals surface area contributed by atoms with Gasteiger partial charge in [0.25, 0.3) is 5.91 Å². The number of carbonyl (C=O) groups is 2. The highest BCUT2D eigenvalue weighted by molar-refractivity contribution is 5.96. The quantitative estimate of drug-likeness (QED) is 0.600. The molecule has 2 N–H and O–H groups in total. The third-order valence-corrected chi connectivity index (χ3v) is 4.42. The van der Waals surface area contributed by atoms with Crippen molar-refractivity contribution < 1.29 is 14.3 Å². The lowest BCUT2D eigenvalue weighted by atomic mass is 9.91. The van der Waals surface area contributed by atoms with Gasteiger partial charge in [-0.1, -0.05) is 67.6 Å². The summed E-state index contributed by atoms with van der Waals surface area (Å²) in [6.45, 7) is 2.66. The highest BCUT2D eigenvalue weighted by Crippen LogP contribution is 2.24. The molecule has 0 bridgehead atoms. The molecule has 0 aliphatic rings. The summed E-state index contributed by atoms with van der Waals surface area (Å²) >= 11 is 0. The van der Waals surface area contributed by atoms with E-state index < -0.39 is 5.92 Å². The number of rotatable bonds is 7. The number of amides is 2. The molecular weight excluding hydrogens is 364 g/mol. The maximum absolute atomic E-state index is 12.9. The van der Waals surface area contributed by atoms with E-state index in [1.165, 1.54) is 0 Å². The summed E-state index contributed by atoms with van der Waals surface area (Å²) in [5.74, 6) is -0.512. The van der Waals surface area contributed by atoms with Gasteiger partial charge in [0.1, 0.15) is 5.75 Å². The average Bonchev–Trinajstić information content (AvgIpc) is 2.78. The minimum absolute atomic E-state index is 0.307. The number of hydrazine groups is 1. The van der Waals surface area contributed by atoms with Crippen molar-refractivity contribution in [2.24, 2.45) is 0 Å². The molecule has 0 spiro atoms. The predicted octanol–water partition coefficient (Wildman–Crippen LogP) is 4.07. The van der Waals surface area contributed by atoms with Gasteiger partial charge in [0.15, 0.2) is 0 Å². The molecule has 0 atom stereocenters. The van der Waals surface area contributed by atoms with Gasteiger partial charge >= 0.3 is 0 Å². The Labute approximate surface area is 170 Å². The van der Waals surface area contributed by atoms with Gasteiger partial charge in [-0.2, -0.15) is 0 Å². The Hall–Kier alpha value is -3.60. The monoisotopic (exact) mass is 388 g/mol. The molecule has 5 heteroatoms. The number of hydrogen-bond acceptors (Lipinski definition) is 3. The maximum atomic E-state index is 12.9. The lowest BCUT2D eigenvalue weighted by molar-refractivity contribution is -0.122. The van der Waals surface area contributed by atoms with Gasteiger partial charge in [0, 0.05) is 5.56 Å². The number of carbonyl (C=O) groups excluding carboxylic acids is 2. The SMILES string of the molecule is CCCOc1ccc(C(=O)NNC(=O)C(c2ccccc2)c2ccccc2)cc1. The van der Waals surface area contributed by atoms with Gasteiger partial charge in [-0.3, -0.25) is 20.4 Å². The fraction of sp³-hybridized carbons (Fsp3) is 0.167. The molecule has 0 unspecified atom stereocenters. The van der Waals surface area contributed by atoms with E-state index in [1.807, 2.05) is 67.6 Å². The van der Waals surface area contributed by atoms with Crippen LogP contribution in [0, 0.1) is 0 Å². The molecule has 3 rings (SSSR count).